The van der Waals surface area contributed by atoms with Crippen LogP contribution in [0.4, 0.5) is 0 Å². The van der Waals surface area contributed by atoms with Crippen molar-refractivity contribution in [1.29, 1.82) is 0 Å². The van der Waals surface area contributed by atoms with E-state index in [-0.39, 0.29) is 0 Å². The fraction of sp³-hybridized carbons (Fsp3) is 0.571. The summed E-state index contributed by atoms with van der Waals surface area (Å²) in [6.45, 7) is 1.04. The summed E-state index contributed by atoms with van der Waals surface area (Å²) in [5.74, 6) is 5.47. The Morgan fingerprint density at radius 2 is 2.17 bits per heavy atom. The van der Waals surface area contributed by atoms with E-state index in [9.17, 15) is 4.79 Å². The molecule has 0 saturated carbocycles. The molecule has 0 spiro atoms. The Balaban J connectivity index is 3.71. The van der Waals surface area contributed by atoms with Gasteiger partial charge in [0, 0.05) is 31.4 Å². The van der Waals surface area contributed by atoms with Crippen molar-refractivity contribution in [2.75, 3.05) is 13.1 Å². The molecule has 5 nitrogen and oxygen atoms in total. The summed E-state index contributed by atoms with van der Waals surface area (Å²) < 4.78 is 0. The summed E-state index contributed by atoms with van der Waals surface area (Å²) in [6.07, 6.45) is 3.39. The summed E-state index contributed by atoms with van der Waals surface area (Å²) in [5, 5.41) is 1.42. The van der Waals surface area contributed by atoms with Crippen molar-refractivity contribution < 1.29 is 4.79 Å². The zero-order valence-electron chi connectivity index (χ0n) is 7.07. The van der Waals surface area contributed by atoms with Gasteiger partial charge in [0.2, 0.25) is 0 Å². The minimum Gasteiger partial charge on any atom is -0.401 e. The van der Waals surface area contributed by atoms with Crippen molar-refractivity contribution in [2.24, 2.45) is 17.3 Å². The van der Waals surface area contributed by atoms with Crippen LogP contribution in [0.5, 0.6) is 0 Å². The molecule has 0 radical (unpaired) electrons. The van der Waals surface area contributed by atoms with Crippen LogP contribution in [0.2, 0.25) is 0 Å². The topological polar surface area (TPSA) is 98.4 Å². The van der Waals surface area contributed by atoms with E-state index in [0.29, 0.717) is 31.6 Å². The molecule has 0 heterocycles. The highest BCUT2D eigenvalue weighted by molar-refractivity contribution is 5.49. The van der Waals surface area contributed by atoms with E-state index in [0.717, 1.165) is 6.29 Å². The summed E-state index contributed by atoms with van der Waals surface area (Å²) in [4.78, 5) is 9.97. The maximum Gasteiger partial charge on any atom is 0.120 e. The number of nitrogens with zero attached hydrogens (tertiary/aromatic N) is 1. The molecule has 0 amide bonds. The van der Waals surface area contributed by atoms with Gasteiger partial charge >= 0.3 is 0 Å². The van der Waals surface area contributed by atoms with Crippen LogP contribution in [0, 0.1) is 0 Å². The molecule has 0 saturated heterocycles. The van der Waals surface area contributed by atoms with Crippen LogP contribution in [0.3, 0.4) is 0 Å². The lowest BCUT2D eigenvalue weighted by atomic mass is 10.3. The highest BCUT2D eigenvalue weighted by Crippen LogP contribution is 1.95. The molecule has 0 aromatic carbocycles. The molecule has 5 heteroatoms. The number of aldehydes is 1. The fourth-order valence-electron chi connectivity index (χ4n) is 0.717. The van der Waals surface area contributed by atoms with Crippen LogP contribution >= 0.6 is 0 Å². The average Bonchev–Trinajstić information content (AvgIpc) is 2.01. The molecule has 70 valence electrons. The molecule has 6 N–H and O–H groups in total. The average molecular weight is 172 g/mol. The number of carbonyl (C=O) groups excluding carboxylic acids is 1. The summed E-state index contributed by atoms with van der Waals surface area (Å²) in [5.41, 5.74) is 11.4. The summed E-state index contributed by atoms with van der Waals surface area (Å²) >= 11 is 0. The highest BCUT2D eigenvalue weighted by Gasteiger charge is 1.93. The summed E-state index contributed by atoms with van der Waals surface area (Å²) in [6, 6.07) is 0. The van der Waals surface area contributed by atoms with E-state index in [1.54, 1.807) is 6.20 Å². The smallest absolute Gasteiger partial charge is 0.120 e. The second kappa shape index (κ2) is 6.63. The van der Waals surface area contributed by atoms with Gasteiger partial charge in [0.05, 0.1) is 0 Å². The molecule has 0 bridgehead atoms. The SMILES string of the molecule is NCCN(N)/C=C(\N)CCC=O. The van der Waals surface area contributed by atoms with Gasteiger partial charge in [-0.2, -0.15) is 0 Å². The van der Waals surface area contributed by atoms with Crippen molar-refractivity contribution in [2.45, 2.75) is 12.8 Å². The Labute approximate surface area is 72.2 Å². The van der Waals surface area contributed by atoms with Crippen LogP contribution < -0.4 is 17.3 Å². The van der Waals surface area contributed by atoms with Crippen molar-refractivity contribution in [3.05, 3.63) is 11.9 Å². The van der Waals surface area contributed by atoms with Gasteiger partial charge in [-0.1, -0.05) is 0 Å². The number of rotatable bonds is 6. The standard InChI is InChI=1S/C7H16N4O/c8-3-4-11(10)6-7(9)2-1-5-12/h5-6H,1-4,8-10H2/b7-6-. The zero-order valence-corrected chi connectivity index (χ0v) is 7.07. The quantitative estimate of drug-likeness (QED) is 0.268. The van der Waals surface area contributed by atoms with Gasteiger partial charge in [-0.25, -0.2) is 5.84 Å². The molecular formula is C7H16N4O. The van der Waals surface area contributed by atoms with Gasteiger partial charge in [-0.15, -0.1) is 0 Å². The van der Waals surface area contributed by atoms with Gasteiger partial charge in [0.25, 0.3) is 0 Å². The van der Waals surface area contributed by atoms with Crippen LogP contribution in [0.25, 0.3) is 0 Å². The Kier molecular flexibility index (Phi) is 6.04. The number of hydrogen-bond acceptors (Lipinski definition) is 5. The van der Waals surface area contributed by atoms with Crippen molar-refractivity contribution in [3.8, 4) is 0 Å². The third kappa shape index (κ3) is 5.70. The fourth-order valence-corrected chi connectivity index (χ4v) is 0.717. The van der Waals surface area contributed by atoms with Crippen LogP contribution in [-0.2, 0) is 4.79 Å². The Morgan fingerprint density at radius 1 is 1.50 bits per heavy atom. The maximum atomic E-state index is 9.97. The summed E-state index contributed by atoms with van der Waals surface area (Å²) in [7, 11) is 0. The van der Waals surface area contributed by atoms with E-state index < -0.39 is 0 Å². The molecule has 0 aromatic heterocycles. The van der Waals surface area contributed by atoms with E-state index in [1.165, 1.54) is 5.01 Å². The van der Waals surface area contributed by atoms with Gasteiger partial charge < -0.3 is 21.3 Å². The minimum atomic E-state index is 0.429. The first-order valence-corrected chi connectivity index (χ1v) is 3.82. The Hall–Kier alpha value is -1.07. The monoisotopic (exact) mass is 172 g/mol. The predicted molar refractivity (Wildman–Crippen MR) is 47.5 cm³/mol. The second-order valence-corrected chi connectivity index (χ2v) is 2.44. The Morgan fingerprint density at radius 3 is 2.67 bits per heavy atom. The van der Waals surface area contributed by atoms with Gasteiger partial charge in [0.1, 0.15) is 6.29 Å². The van der Waals surface area contributed by atoms with Crippen molar-refractivity contribution in [1.82, 2.24) is 5.01 Å². The molecule has 0 atom stereocenters. The van der Waals surface area contributed by atoms with E-state index in [1.807, 2.05) is 0 Å². The molecule has 0 unspecified atom stereocenters. The lowest BCUT2D eigenvalue weighted by Gasteiger charge is -2.12. The molecule has 0 aromatic rings. The van der Waals surface area contributed by atoms with Crippen molar-refractivity contribution in [3.63, 3.8) is 0 Å². The number of nitrogens with two attached hydrogens (primary N) is 3. The van der Waals surface area contributed by atoms with Crippen LogP contribution in [-0.4, -0.2) is 24.4 Å². The molecular weight excluding hydrogens is 156 g/mol. The molecule has 0 aliphatic heterocycles. The normalized spacial score (nSPS) is 11.3. The minimum absolute atomic E-state index is 0.429. The number of hydrazine groups is 1. The van der Waals surface area contributed by atoms with Crippen molar-refractivity contribution >= 4 is 6.29 Å². The van der Waals surface area contributed by atoms with Crippen LogP contribution in [0.15, 0.2) is 11.9 Å². The van der Waals surface area contributed by atoms with E-state index in [4.69, 9.17) is 17.3 Å². The zero-order chi connectivity index (χ0) is 9.40. The first-order valence-electron chi connectivity index (χ1n) is 3.82. The maximum absolute atomic E-state index is 9.97. The Bertz CT molecular complexity index is 157. The number of carbonyl (C=O) groups is 1. The van der Waals surface area contributed by atoms with Gasteiger partial charge in [0.15, 0.2) is 0 Å². The largest absolute Gasteiger partial charge is 0.401 e. The molecule has 12 heavy (non-hydrogen) atoms. The predicted octanol–water partition coefficient (Wildman–Crippen LogP) is -1.10. The highest BCUT2D eigenvalue weighted by atomic mass is 16.1. The first kappa shape index (κ1) is 10.9. The molecule has 0 fully saturated rings. The third-order valence-corrected chi connectivity index (χ3v) is 1.27. The van der Waals surface area contributed by atoms with Gasteiger partial charge in [-0.3, -0.25) is 0 Å². The van der Waals surface area contributed by atoms with Gasteiger partial charge in [-0.05, 0) is 6.42 Å². The first-order chi connectivity index (χ1) is 5.70. The van der Waals surface area contributed by atoms with E-state index >= 15 is 0 Å². The molecule has 0 aliphatic rings. The third-order valence-electron chi connectivity index (χ3n) is 1.27. The van der Waals surface area contributed by atoms with Crippen LogP contribution in [0.1, 0.15) is 12.8 Å². The molecule has 0 rings (SSSR count). The number of hydrogen-bond donors (Lipinski definition) is 3. The number of allylic oxidation sites excluding steroid dienone is 1. The lowest BCUT2D eigenvalue weighted by Crippen LogP contribution is -2.31. The second-order valence-electron chi connectivity index (χ2n) is 2.44. The molecule has 0 aliphatic carbocycles. The lowest BCUT2D eigenvalue weighted by molar-refractivity contribution is -0.107. The van der Waals surface area contributed by atoms with E-state index in [2.05, 4.69) is 0 Å².